The Labute approximate surface area is 139 Å². The van der Waals surface area contributed by atoms with Crippen LogP contribution in [0.4, 0.5) is 0 Å². The molecule has 0 bridgehead atoms. The molecule has 1 atom stereocenters. The summed E-state index contributed by atoms with van der Waals surface area (Å²) in [5, 5.41) is 4.44. The second kappa shape index (κ2) is 11.2. The molecule has 0 aromatic heterocycles. The van der Waals surface area contributed by atoms with Crippen molar-refractivity contribution in [2.24, 2.45) is 5.92 Å². The fourth-order valence-electron chi connectivity index (χ4n) is 1.73. The SMILES string of the molecule is CC.CCN1CC[N-]CC1C(C)C.[Rb+]. The van der Waals surface area contributed by atoms with Gasteiger partial charge in [-0.2, -0.15) is 0 Å². The summed E-state index contributed by atoms with van der Waals surface area (Å²) in [7, 11) is 0. The van der Waals surface area contributed by atoms with Crippen LogP contribution in [0, 0.1) is 5.92 Å². The third-order valence-electron chi connectivity index (χ3n) is 2.51. The summed E-state index contributed by atoms with van der Waals surface area (Å²) in [6.07, 6.45) is 0. The molecular formula is C11H25N2Rb. The van der Waals surface area contributed by atoms with Gasteiger partial charge in [-0.25, -0.2) is 0 Å². The van der Waals surface area contributed by atoms with Crippen molar-refractivity contribution >= 4 is 0 Å². The Hall–Kier alpha value is 1.73. The third-order valence-corrected chi connectivity index (χ3v) is 2.51. The van der Waals surface area contributed by atoms with Crippen molar-refractivity contribution < 1.29 is 58.2 Å². The zero-order valence-corrected chi connectivity index (χ0v) is 15.8. The molecule has 1 heterocycles. The van der Waals surface area contributed by atoms with E-state index >= 15 is 0 Å². The molecule has 1 fully saturated rings. The maximum atomic E-state index is 4.44. The van der Waals surface area contributed by atoms with Crippen molar-refractivity contribution in [1.82, 2.24) is 4.90 Å². The average Bonchev–Trinajstić information content (AvgIpc) is 2.20. The van der Waals surface area contributed by atoms with Gasteiger partial charge in [-0.05, 0) is 25.0 Å². The number of nitrogens with zero attached hydrogens (tertiary/aromatic N) is 2. The van der Waals surface area contributed by atoms with Crippen LogP contribution in [0.1, 0.15) is 34.6 Å². The Balaban J connectivity index is 0. The molecule has 0 aromatic rings. The van der Waals surface area contributed by atoms with Crippen LogP contribution in [0.25, 0.3) is 5.32 Å². The minimum Gasteiger partial charge on any atom is -0.660 e. The Morgan fingerprint density at radius 3 is 2.29 bits per heavy atom. The van der Waals surface area contributed by atoms with E-state index in [9.17, 15) is 0 Å². The summed E-state index contributed by atoms with van der Waals surface area (Å²) in [6, 6.07) is 0.703. The van der Waals surface area contributed by atoms with Gasteiger partial charge in [0, 0.05) is 0 Å². The zero-order valence-electron chi connectivity index (χ0n) is 10.9. The first-order valence-corrected chi connectivity index (χ1v) is 5.63. The summed E-state index contributed by atoms with van der Waals surface area (Å²) in [6.45, 7) is 15.2. The molecule has 3 heteroatoms. The molecule has 1 rings (SSSR count). The molecule has 0 spiro atoms. The number of likely N-dealkylation sites (N-methyl/N-ethyl adjacent to an activating group) is 1. The number of rotatable bonds is 2. The van der Waals surface area contributed by atoms with E-state index in [4.69, 9.17) is 0 Å². The van der Waals surface area contributed by atoms with Gasteiger partial charge in [-0.3, -0.25) is 0 Å². The summed E-state index contributed by atoms with van der Waals surface area (Å²) in [5.41, 5.74) is 0. The fraction of sp³-hybridized carbons (Fsp3) is 1.00. The zero-order chi connectivity index (χ0) is 10.3. The second-order valence-corrected chi connectivity index (χ2v) is 3.57. The monoisotopic (exact) mass is 270 g/mol. The van der Waals surface area contributed by atoms with Crippen molar-refractivity contribution in [3.8, 4) is 0 Å². The largest absolute Gasteiger partial charge is 1.00 e. The van der Waals surface area contributed by atoms with Gasteiger partial charge >= 0.3 is 58.2 Å². The fourth-order valence-corrected chi connectivity index (χ4v) is 1.73. The molecule has 0 aliphatic carbocycles. The van der Waals surface area contributed by atoms with Crippen molar-refractivity contribution in [1.29, 1.82) is 0 Å². The first-order valence-electron chi connectivity index (χ1n) is 5.63. The van der Waals surface area contributed by atoms with E-state index in [0.717, 1.165) is 19.0 Å². The molecule has 0 N–H and O–H groups in total. The van der Waals surface area contributed by atoms with Crippen LogP contribution in [-0.4, -0.2) is 37.1 Å². The topological polar surface area (TPSA) is 17.3 Å². The quantitative estimate of drug-likeness (QED) is 0.677. The number of hydrogen-bond donors (Lipinski definition) is 0. The molecule has 1 unspecified atom stereocenters. The van der Waals surface area contributed by atoms with Crippen molar-refractivity contribution in [3.63, 3.8) is 0 Å². The van der Waals surface area contributed by atoms with Gasteiger partial charge in [-0.1, -0.05) is 34.6 Å². The van der Waals surface area contributed by atoms with Gasteiger partial charge in [0.25, 0.3) is 0 Å². The standard InChI is InChI=1S/C9H19N2.C2H6.Rb/c1-4-11-6-5-10-7-9(11)8(2)3;1-2;/h8-9H,4-7H2,1-3H3;1-2H3;/q-1;;+1. The van der Waals surface area contributed by atoms with Crippen LogP contribution < -0.4 is 58.2 Å². The first kappa shape index (κ1) is 18.1. The molecule has 1 aliphatic rings. The molecule has 2 nitrogen and oxygen atoms in total. The number of piperazine rings is 1. The van der Waals surface area contributed by atoms with Gasteiger partial charge in [0.1, 0.15) is 0 Å². The van der Waals surface area contributed by atoms with Crippen molar-refractivity contribution in [2.75, 3.05) is 26.2 Å². The molecular weight excluding hydrogens is 246 g/mol. The number of hydrogen-bond acceptors (Lipinski definition) is 1. The summed E-state index contributed by atoms with van der Waals surface area (Å²) >= 11 is 0. The second-order valence-electron chi connectivity index (χ2n) is 3.57. The molecule has 0 aromatic carbocycles. The normalized spacial score (nSPS) is 22.3. The van der Waals surface area contributed by atoms with Gasteiger partial charge in [-0.15, -0.1) is 13.1 Å². The summed E-state index contributed by atoms with van der Waals surface area (Å²) in [5.74, 6) is 0.749. The summed E-state index contributed by atoms with van der Waals surface area (Å²) in [4.78, 5) is 2.54. The Morgan fingerprint density at radius 1 is 1.36 bits per heavy atom. The molecule has 80 valence electrons. The van der Waals surface area contributed by atoms with Crippen LogP contribution in [-0.2, 0) is 0 Å². The van der Waals surface area contributed by atoms with Gasteiger partial charge in [0.15, 0.2) is 0 Å². The molecule has 1 aliphatic heterocycles. The average molecular weight is 271 g/mol. The predicted molar refractivity (Wildman–Crippen MR) is 60.3 cm³/mol. The van der Waals surface area contributed by atoms with Crippen LogP contribution in [0.5, 0.6) is 0 Å². The maximum Gasteiger partial charge on any atom is 1.00 e. The molecule has 14 heavy (non-hydrogen) atoms. The predicted octanol–water partition coefficient (Wildman–Crippen LogP) is -0.250. The van der Waals surface area contributed by atoms with E-state index in [2.05, 4.69) is 31.0 Å². The van der Waals surface area contributed by atoms with Crippen LogP contribution in [0.3, 0.4) is 0 Å². The Bertz CT molecular complexity index is 118. The van der Waals surface area contributed by atoms with Crippen LogP contribution in [0.2, 0.25) is 0 Å². The van der Waals surface area contributed by atoms with Crippen molar-refractivity contribution in [2.45, 2.75) is 40.7 Å². The minimum atomic E-state index is 0. The van der Waals surface area contributed by atoms with E-state index in [1.165, 1.54) is 13.1 Å². The van der Waals surface area contributed by atoms with E-state index in [1.54, 1.807) is 0 Å². The third kappa shape index (κ3) is 6.34. The molecule has 0 amide bonds. The molecule has 1 saturated heterocycles. The van der Waals surface area contributed by atoms with Gasteiger partial charge in [0.2, 0.25) is 0 Å². The smallest absolute Gasteiger partial charge is 0.660 e. The van der Waals surface area contributed by atoms with Gasteiger partial charge in [0.05, 0.1) is 0 Å². The molecule has 0 radical (unpaired) electrons. The van der Waals surface area contributed by atoms with E-state index < -0.39 is 0 Å². The maximum absolute atomic E-state index is 4.44. The van der Waals surface area contributed by atoms with E-state index in [1.807, 2.05) is 13.8 Å². The van der Waals surface area contributed by atoms with Crippen LogP contribution >= 0.6 is 0 Å². The minimum absolute atomic E-state index is 0. The van der Waals surface area contributed by atoms with Crippen molar-refractivity contribution in [3.05, 3.63) is 5.32 Å². The first-order chi connectivity index (χ1) is 6.25. The van der Waals surface area contributed by atoms with Crippen LogP contribution in [0.15, 0.2) is 0 Å². The summed E-state index contributed by atoms with van der Waals surface area (Å²) < 4.78 is 0. The van der Waals surface area contributed by atoms with E-state index in [0.29, 0.717) is 6.04 Å². The van der Waals surface area contributed by atoms with E-state index in [-0.39, 0.29) is 58.2 Å². The Kier molecular flexibility index (Phi) is 14.5. The van der Waals surface area contributed by atoms with Gasteiger partial charge < -0.3 is 10.2 Å². The molecule has 0 saturated carbocycles. The Morgan fingerprint density at radius 2 is 1.93 bits per heavy atom.